The zero-order chi connectivity index (χ0) is 18.2. The average Bonchev–Trinajstić information content (AvgIpc) is 3.34. The standard InChI is InChI=1S/C17H28NO2.C5H.Fe/c1-12(18(2)3)15-6-5-7-16(15)17(19)13-8-10-14(20-4)11-9-13;1-2-4-5-3-1;/h5-7,12-14,17,19H,8-11H2,1-4H3;1H;/q-1;-5;. The van der Waals surface area contributed by atoms with Gasteiger partial charge in [-0.2, -0.15) is 6.07 Å². The van der Waals surface area contributed by atoms with E-state index in [0.29, 0.717) is 18.1 Å². The Hall–Kier alpha value is -0.901. The summed E-state index contributed by atoms with van der Waals surface area (Å²) in [6.45, 7) is 2.19. The summed E-state index contributed by atoms with van der Waals surface area (Å²) in [7, 11) is 5.95. The van der Waals surface area contributed by atoms with Gasteiger partial charge >= 0.3 is 0 Å². The molecule has 1 aliphatic carbocycles. The van der Waals surface area contributed by atoms with Crippen LogP contribution in [-0.4, -0.2) is 37.3 Å². The molecule has 1 aliphatic rings. The molecule has 0 aliphatic heterocycles. The van der Waals surface area contributed by atoms with Crippen molar-refractivity contribution in [1.82, 2.24) is 4.90 Å². The summed E-state index contributed by atoms with van der Waals surface area (Å²) in [5.74, 6) is 0.372. The molecule has 2 atom stereocenters. The van der Waals surface area contributed by atoms with Crippen molar-refractivity contribution in [2.45, 2.75) is 50.9 Å². The van der Waals surface area contributed by atoms with Crippen LogP contribution in [0.3, 0.4) is 0 Å². The fourth-order valence-electron chi connectivity index (χ4n) is 3.45. The first-order valence-electron chi connectivity index (χ1n) is 9.00. The summed E-state index contributed by atoms with van der Waals surface area (Å²) < 4.78 is 5.42. The van der Waals surface area contributed by atoms with Crippen molar-refractivity contribution in [2.75, 3.05) is 21.2 Å². The Morgan fingerprint density at radius 3 is 2.31 bits per heavy atom. The molecule has 0 heterocycles. The first kappa shape index (κ1) is 23.1. The largest absolute Gasteiger partial charge is 0.999 e. The number of rotatable bonds is 5. The van der Waals surface area contributed by atoms with Gasteiger partial charge < -0.3 is 45.1 Å². The molecule has 4 heteroatoms. The van der Waals surface area contributed by atoms with E-state index in [1.807, 2.05) is 0 Å². The van der Waals surface area contributed by atoms with Gasteiger partial charge in [0.05, 0.1) is 12.2 Å². The summed E-state index contributed by atoms with van der Waals surface area (Å²) in [6, 6.07) is 18.6. The van der Waals surface area contributed by atoms with Crippen molar-refractivity contribution < 1.29 is 26.9 Å². The van der Waals surface area contributed by atoms with Gasteiger partial charge in [-0.05, 0) is 51.7 Å². The van der Waals surface area contributed by atoms with E-state index in [1.54, 1.807) is 13.2 Å². The van der Waals surface area contributed by atoms with Crippen LogP contribution in [-0.2, 0) is 21.8 Å². The number of hydrogen-bond acceptors (Lipinski definition) is 3. The zero-order valence-corrected chi connectivity index (χ0v) is 17.2. The molecule has 0 radical (unpaired) electrons. The number of hydrogen-bond donors (Lipinski definition) is 1. The summed E-state index contributed by atoms with van der Waals surface area (Å²) in [4.78, 5) is 2.19. The van der Waals surface area contributed by atoms with Gasteiger partial charge in [-0.1, -0.05) is 6.92 Å². The van der Waals surface area contributed by atoms with Gasteiger partial charge in [0.25, 0.3) is 0 Å². The Morgan fingerprint density at radius 2 is 1.85 bits per heavy atom. The van der Waals surface area contributed by atoms with E-state index in [1.165, 1.54) is 5.56 Å². The molecular weight excluding hydrogens is 366 g/mol. The van der Waals surface area contributed by atoms with Gasteiger partial charge in [0.15, 0.2) is 0 Å². The first-order valence-corrected chi connectivity index (χ1v) is 9.00. The van der Waals surface area contributed by atoms with Crippen molar-refractivity contribution in [2.24, 2.45) is 5.92 Å². The minimum absolute atomic E-state index is 0. The maximum absolute atomic E-state index is 10.7. The van der Waals surface area contributed by atoms with Gasteiger partial charge in [0.1, 0.15) is 0 Å². The third kappa shape index (κ3) is 6.37. The number of nitrogens with zero attached hydrogens (tertiary/aromatic N) is 1. The van der Waals surface area contributed by atoms with Gasteiger partial charge in [-0.15, -0.1) is 11.1 Å². The van der Waals surface area contributed by atoms with Crippen molar-refractivity contribution in [1.29, 1.82) is 0 Å². The molecule has 1 fully saturated rings. The Balaban J connectivity index is 0.000000486. The minimum atomic E-state index is -0.333. The Kier molecular flexibility index (Phi) is 10.4. The first-order chi connectivity index (χ1) is 12.0. The molecule has 2 unspecified atom stereocenters. The molecule has 2 aromatic carbocycles. The predicted molar refractivity (Wildman–Crippen MR) is 99.2 cm³/mol. The van der Waals surface area contributed by atoms with E-state index >= 15 is 0 Å². The van der Waals surface area contributed by atoms with Crippen LogP contribution in [0.4, 0.5) is 0 Å². The van der Waals surface area contributed by atoms with E-state index < -0.39 is 0 Å². The van der Waals surface area contributed by atoms with Crippen LogP contribution in [0.2, 0.25) is 0 Å². The second-order valence-electron chi connectivity index (χ2n) is 6.98. The van der Waals surface area contributed by atoms with Crippen molar-refractivity contribution in [3.63, 3.8) is 0 Å². The van der Waals surface area contributed by atoms with Crippen LogP contribution in [0, 0.1) is 30.2 Å². The number of aliphatic hydroxyl groups excluding tert-OH is 1. The third-order valence-electron chi connectivity index (χ3n) is 5.28. The fourth-order valence-corrected chi connectivity index (χ4v) is 3.45. The van der Waals surface area contributed by atoms with Crippen LogP contribution in [0.15, 0.2) is 24.3 Å². The molecule has 3 rings (SSSR count). The van der Waals surface area contributed by atoms with Crippen molar-refractivity contribution >= 4 is 0 Å². The monoisotopic (exact) mass is 395 g/mol. The molecule has 1 N–H and O–H groups in total. The normalized spacial score (nSPS) is 22.1. The van der Waals surface area contributed by atoms with Gasteiger partial charge in [-0.3, -0.25) is 0 Å². The molecule has 26 heavy (non-hydrogen) atoms. The van der Waals surface area contributed by atoms with E-state index in [2.05, 4.69) is 68.4 Å². The third-order valence-corrected chi connectivity index (χ3v) is 5.28. The SMILES string of the molecule is COC1CCC(C(O)c2ccc[c-]2C(C)N(C)C)CC1.[Fe].[c-]1[c-][c-][cH-][c-]1. The van der Waals surface area contributed by atoms with Gasteiger partial charge in [0.2, 0.25) is 0 Å². The molecule has 0 saturated heterocycles. The smallest absolute Gasteiger partial charge is 0.0593 e. The molecule has 2 aromatic rings. The average molecular weight is 395 g/mol. The molecular formula is C22H29FeNO2-6. The number of methoxy groups -OCH3 is 1. The second kappa shape index (κ2) is 11.7. The summed E-state index contributed by atoms with van der Waals surface area (Å²) in [5.41, 5.74) is 2.38. The molecule has 3 nitrogen and oxygen atoms in total. The van der Waals surface area contributed by atoms with E-state index in [0.717, 1.165) is 31.2 Å². The van der Waals surface area contributed by atoms with Crippen molar-refractivity contribution in [3.8, 4) is 0 Å². The maximum atomic E-state index is 10.7. The number of aliphatic hydroxyl groups is 1. The fraction of sp³-hybridized carbons (Fsp3) is 0.545. The molecule has 0 amide bonds. The van der Waals surface area contributed by atoms with Crippen molar-refractivity contribution in [3.05, 3.63) is 59.7 Å². The summed E-state index contributed by atoms with van der Waals surface area (Å²) in [5, 5.41) is 10.7. The summed E-state index contributed by atoms with van der Waals surface area (Å²) >= 11 is 0. The number of ether oxygens (including phenoxy) is 1. The van der Waals surface area contributed by atoms with Crippen LogP contribution >= 0.6 is 0 Å². The topological polar surface area (TPSA) is 32.7 Å². The van der Waals surface area contributed by atoms with E-state index in [9.17, 15) is 5.11 Å². The van der Waals surface area contributed by atoms with Gasteiger partial charge in [-0.25, -0.2) is 12.1 Å². The molecule has 148 valence electrons. The molecule has 0 aromatic heterocycles. The van der Waals surface area contributed by atoms with Crippen LogP contribution in [0.25, 0.3) is 0 Å². The molecule has 0 bridgehead atoms. The Bertz CT molecular complexity index is 554. The molecule has 1 saturated carbocycles. The van der Waals surface area contributed by atoms with Crippen LogP contribution in [0.5, 0.6) is 0 Å². The minimum Gasteiger partial charge on any atom is -0.999 e. The summed E-state index contributed by atoms with van der Waals surface area (Å²) in [6.07, 6.45) is 4.30. The molecule has 0 spiro atoms. The van der Waals surface area contributed by atoms with E-state index in [-0.39, 0.29) is 23.2 Å². The van der Waals surface area contributed by atoms with E-state index in [4.69, 9.17) is 4.74 Å². The predicted octanol–water partition coefficient (Wildman–Crippen LogP) is 3.87. The van der Waals surface area contributed by atoms with Crippen LogP contribution in [0.1, 0.15) is 55.9 Å². The Morgan fingerprint density at radius 1 is 1.23 bits per heavy atom. The second-order valence-corrected chi connectivity index (χ2v) is 6.98. The quantitative estimate of drug-likeness (QED) is 0.616. The maximum Gasteiger partial charge on any atom is 0.0593 e. The zero-order valence-electron chi connectivity index (χ0n) is 16.1. The van der Waals surface area contributed by atoms with Gasteiger partial charge in [0, 0.05) is 24.2 Å². The van der Waals surface area contributed by atoms with Crippen LogP contribution < -0.4 is 0 Å². The Labute approximate surface area is 169 Å².